The lowest BCUT2D eigenvalue weighted by Gasteiger charge is -2.30. The number of nitrogens with one attached hydrogen (secondary N) is 3. The lowest BCUT2D eigenvalue weighted by Crippen LogP contribution is -2.57. The Kier molecular flexibility index (Phi) is 5.73. The molecule has 0 radical (unpaired) electrons. The van der Waals surface area contributed by atoms with Crippen LogP contribution in [-0.2, 0) is 16.0 Å². The number of halogens is 1. The van der Waals surface area contributed by atoms with Crippen LogP contribution < -0.4 is 16.0 Å². The van der Waals surface area contributed by atoms with E-state index in [1.54, 1.807) is 18.2 Å². The van der Waals surface area contributed by atoms with Crippen molar-refractivity contribution >= 4 is 23.6 Å². The minimum Gasteiger partial charge on any atom is -0.350 e. The largest absolute Gasteiger partial charge is 0.350 e. The number of thioether (sulfide) groups is 1. The van der Waals surface area contributed by atoms with E-state index in [-0.39, 0.29) is 28.9 Å². The highest BCUT2D eigenvalue weighted by Crippen LogP contribution is 2.23. The Morgan fingerprint density at radius 1 is 1.38 bits per heavy atom. The molecule has 5 nitrogen and oxygen atoms in total. The molecule has 2 heterocycles. The van der Waals surface area contributed by atoms with E-state index in [9.17, 15) is 14.0 Å². The molecule has 3 N–H and O–H groups in total. The molecule has 0 aliphatic carbocycles. The van der Waals surface area contributed by atoms with Crippen molar-refractivity contribution in [2.24, 2.45) is 0 Å². The predicted molar refractivity (Wildman–Crippen MR) is 92.3 cm³/mol. The second-order valence-electron chi connectivity index (χ2n) is 6.23. The average molecular weight is 351 g/mol. The highest BCUT2D eigenvalue weighted by Gasteiger charge is 2.33. The van der Waals surface area contributed by atoms with Crippen LogP contribution in [0.25, 0.3) is 0 Å². The van der Waals surface area contributed by atoms with E-state index >= 15 is 0 Å². The molecule has 1 aromatic carbocycles. The number of hydrogen-bond acceptors (Lipinski definition) is 4. The fourth-order valence-electron chi connectivity index (χ4n) is 3.03. The van der Waals surface area contributed by atoms with Crippen molar-refractivity contribution in [1.29, 1.82) is 0 Å². The Balaban J connectivity index is 1.52. The van der Waals surface area contributed by atoms with Gasteiger partial charge in [-0.15, -0.1) is 11.8 Å². The van der Waals surface area contributed by atoms with Gasteiger partial charge in [0.05, 0.1) is 5.25 Å². The molecular formula is C17H22FN3O2S. The van der Waals surface area contributed by atoms with Crippen molar-refractivity contribution < 1.29 is 14.0 Å². The summed E-state index contributed by atoms with van der Waals surface area (Å²) in [6.45, 7) is 1.76. The Bertz CT molecular complexity index is 607. The third-order valence-corrected chi connectivity index (χ3v) is 5.70. The second-order valence-corrected chi connectivity index (χ2v) is 7.47. The van der Waals surface area contributed by atoms with E-state index < -0.39 is 6.04 Å². The maximum Gasteiger partial charge on any atom is 0.243 e. The summed E-state index contributed by atoms with van der Waals surface area (Å²) >= 11 is 1.42. The second kappa shape index (κ2) is 7.98. The van der Waals surface area contributed by atoms with Gasteiger partial charge >= 0.3 is 0 Å². The SMILES string of the molecule is O=C(N[C@H]1CCCNC1)C1CSC(Cc2ccccc2F)C(=O)N1. The van der Waals surface area contributed by atoms with Gasteiger partial charge in [0.15, 0.2) is 0 Å². The minimum atomic E-state index is -0.513. The van der Waals surface area contributed by atoms with E-state index in [2.05, 4.69) is 16.0 Å². The van der Waals surface area contributed by atoms with Crippen molar-refractivity contribution in [3.63, 3.8) is 0 Å². The normalized spacial score (nSPS) is 27.4. The van der Waals surface area contributed by atoms with Crippen molar-refractivity contribution in [3.8, 4) is 0 Å². The summed E-state index contributed by atoms with van der Waals surface area (Å²) in [6, 6.07) is 6.10. The van der Waals surface area contributed by atoms with Crippen LogP contribution in [0.1, 0.15) is 18.4 Å². The van der Waals surface area contributed by atoms with E-state index in [1.165, 1.54) is 17.8 Å². The summed E-state index contributed by atoms with van der Waals surface area (Å²) in [5, 5.41) is 8.66. The van der Waals surface area contributed by atoms with Gasteiger partial charge in [-0.1, -0.05) is 18.2 Å². The van der Waals surface area contributed by atoms with Crippen LogP contribution >= 0.6 is 11.8 Å². The zero-order chi connectivity index (χ0) is 16.9. The molecule has 0 bridgehead atoms. The molecule has 2 unspecified atom stereocenters. The van der Waals surface area contributed by atoms with E-state index in [4.69, 9.17) is 0 Å². The molecule has 0 saturated carbocycles. The smallest absolute Gasteiger partial charge is 0.243 e. The Labute approximate surface area is 145 Å². The number of hydrogen-bond donors (Lipinski definition) is 3. The molecule has 2 fully saturated rings. The number of rotatable bonds is 4. The van der Waals surface area contributed by atoms with Gasteiger partial charge in [-0.05, 0) is 37.4 Å². The topological polar surface area (TPSA) is 70.2 Å². The fraction of sp³-hybridized carbons (Fsp3) is 0.529. The molecule has 7 heteroatoms. The highest BCUT2D eigenvalue weighted by molar-refractivity contribution is 8.00. The van der Waals surface area contributed by atoms with Gasteiger partial charge in [-0.2, -0.15) is 0 Å². The Hall–Kier alpha value is -1.60. The molecule has 0 spiro atoms. The number of amides is 2. The van der Waals surface area contributed by atoms with Crippen LogP contribution in [0.2, 0.25) is 0 Å². The number of carbonyl (C=O) groups is 2. The lowest BCUT2D eigenvalue weighted by molar-refractivity contribution is -0.129. The number of piperidine rings is 1. The quantitative estimate of drug-likeness (QED) is 0.752. The molecule has 2 aliphatic rings. The van der Waals surface area contributed by atoms with Crippen molar-refractivity contribution in [2.75, 3.05) is 18.8 Å². The zero-order valence-electron chi connectivity index (χ0n) is 13.4. The van der Waals surface area contributed by atoms with Crippen LogP contribution in [0, 0.1) is 5.82 Å². The summed E-state index contributed by atoms with van der Waals surface area (Å²) in [5.41, 5.74) is 0.529. The van der Waals surface area contributed by atoms with E-state index in [0.29, 0.717) is 17.7 Å². The standard InChI is InChI=1S/C17H22FN3O2S/c18-13-6-2-1-4-11(13)8-15-17(23)21-14(10-24-15)16(22)20-12-5-3-7-19-9-12/h1-2,4,6,12,14-15,19H,3,5,7-10H2,(H,20,22)(H,21,23)/t12-,14?,15?/m0/s1. The summed E-state index contributed by atoms with van der Waals surface area (Å²) in [4.78, 5) is 24.6. The first-order valence-corrected chi connectivity index (χ1v) is 9.35. The van der Waals surface area contributed by atoms with E-state index in [1.807, 2.05) is 0 Å². The van der Waals surface area contributed by atoms with Gasteiger partial charge in [-0.25, -0.2) is 4.39 Å². The molecule has 3 rings (SSSR count). The maximum atomic E-state index is 13.7. The summed E-state index contributed by atoms with van der Waals surface area (Å²) in [6.07, 6.45) is 2.34. The molecule has 3 atom stereocenters. The summed E-state index contributed by atoms with van der Waals surface area (Å²) in [5.74, 6) is -0.113. The predicted octanol–water partition coefficient (Wildman–Crippen LogP) is 0.837. The Morgan fingerprint density at radius 2 is 2.21 bits per heavy atom. The average Bonchev–Trinajstić information content (AvgIpc) is 2.59. The lowest BCUT2D eigenvalue weighted by atomic mass is 10.1. The van der Waals surface area contributed by atoms with Gasteiger partial charge < -0.3 is 16.0 Å². The molecule has 0 aromatic heterocycles. The van der Waals surface area contributed by atoms with Gasteiger partial charge in [0.25, 0.3) is 0 Å². The van der Waals surface area contributed by atoms with Crippen LogP contribution in [0.3, 0.4) is 0 Å². The first-order chi connectivity index (χ1) is 11.6. The van der Waals surface area contributed by atoms with E-state index in [0.717, 1.165) is 25.9 Å². The van der Waals surface area contributed by atoms with Crippen LogP contribution in [-0.4, -0.2) is 48.0 Å². The monoisotopic (exact) mass is 351 g/mol. The van der Waals surface area contributed by atoms with Crippen LogP contribution in [0.15, 0.2) is 24.3 Å². The summed E-state index contributed by atoms with van der Waals surface area (Å²) < 4.78 is 13.7. The molecule has 24 heavy (non-hydrogen) atoms. The highest BCUT2D eigenvalue weighted by atomic mass is 32.2. The first-order valence-electron chi connectivity index (χ1n) is 8.30. The number of carbonyl (C=O) groups excluding carboxylic acids is 2. The fourth-order valence-corrected chi connectivity index (χ4v) is 4.20. The van der Waals surface area contributed by atoms with Gasteiger partial charge in [-0.3, -0.25) is 9.59 Å². The molecule has 2 aliphatic heterocycles. The minimum absolute atomic E-state index is 0.129. The third kappa shape index (κ3) is 4.27. The van der Waals surface area contributed by atoms with Crippen molar-refractivity contribution in [3.05, 3.63) is 35.6 Å². The van der Waals surface area contributed by atoms with Crippen LogP contribution in [0.4, 0.5) is 4.39 Å². The van der Waals surface area contributed by atoms with Crippen molar-refractivity contribution in [1.82, 2.24) is 16.0 Å². The first kappa shape index (κ1) is 17.2. The molecule has 130 valence electrons. The zero-order valence-corrected chi connectivity index (χ0v) is 14.2. The molecule has 2 saturated heterocycles. The maximum absolute atomic E-state index is 13.7. The Morgan fingerprint density at radius 3 is 2.92 bits per heavy atom. The molecular weight excluding hydrogens is 329 g/mol. The van der Waals surface area contributed by atoms with Crippen molar-refractivity contribution in [2.45, 2.75) is 36.6 Å². The molecule has 1 aromatic rings. The van der Waals surface area contributed by atoms with Gasteiger partial charge in [0.1, 0.15) is 11.9 Å². The van der Waals surface area contributed by atoms with Crippen LogP contribution in [0.5, 0.6) is 0 Å². The number of benzene rings is 1. The van der Waals surface area contributed by atoms with Gasteiger partial charge in [0, 0.05) is 18.3 Å². The third-order valence-electron chi connectivity index (χ3n) is 4.40. The molecule has 2 amide bonds. The van der Waals surface area contributed by atoms with Gasteiger partial charge in [0.2, 0.25) is 11.8 Å². The summed E-state index contributed by atoms with van der Waals surface area (Å²) in [7, 11) is 0.